The maximum atomic E-state index is 12.1. The zero-order valence-corrected chi connectivity index (χ0v) is 16.7. The minimum atomic E-state index is 0.00639. The van der Waals surface area contributed by atoms with Crippen LogP contribution < -0.4 is 0 Å². The summed E-state index contributed by atoms with van der Waals surface area (Å²) in [6, 6.07) is 0. The van der Waals surface area contributed by atoms with Crippen molar-refractivity contribution in [2.75, 3.05) is 0 Å². The lowest BCUT2D eigenvalue weighted by molar-refractivity contribution is -0.118. The van der Waals surface area contributed by atoms with Crippen molar-refractivity contribution in [3.05, 3.63) is 22.8 Å². The van der Waals surface area contributed by atoms with Crippen molar-refractivity contribution >= 4 is 11.6 Å². The highest BCUT2D eigenvalue weighted by atomic mass is 16.1. The first-order chi connectivity index (χ1) is 10.8. The Bertz CT molecular complexity index is 410. The zero-order chi connectivity index (χ0) is 18.4. The summed E-state index contributed by atoms with van der Waals surface area (Å²) in [5, 5.41) is 0. The summed E-state index contributed by atoms with van der Waals surface area (Å²) in [4.78, 5) is 23.9. The molecule has 0 unspecified atom stereocenters. The molecule has 0 aromatic heterocycles. The first-order valence-electron chi connectivity index (χ1n) is 9.21. The molecule has 0 heterocycles. The lowest BCUT2D eigenvalue weighted by Gasteiger charge is -2.10. The molecule has 0 radical (unpaired) electrons. The van der Waals surface area contributed by atoms with Crippen molar-refractivity contribution in [2.45, 2.75) is 93.9 Å². The summed E-state index contributed by atoms with van der Waals surface area (Å²) in [6.45, 7) is 16.0. The Labute approximate surface area is 144 Å². The fourth-order valence-electron chi connectivity index (χ4n) is 1.99. The Balaban J connectivity index is 0. The molecule has 0 saturated carbocycles. The Kier molecular flexibility index (Phi) is 15.1. The number of hydrogen-bond acceptors (Lipinski definition) is 2. The molecule has 2 nitrogen and oxygen atoms in total. The number of rotatable bonds is 9. The highest BCUT2D eigenvalue weighted by Gasteiger charge is 2.13. The number of Topliss-reactive ketones (excluding diaryl/α,β-unsaturated/α-hetero) is 2. The summed E-state index contributed by atoms with van der Waals surface area (Å²) in [5.74, 6) is 0.364. The van der Waals surface area contributed by atoms with Gasteiger partial charge >= 0.3 is 0 Å². The summed E-state index contributed by atoms with van der Waals surface area (Å²) in [6.07, 6.45) is 7.82. The average Bonchev–Trinajstić information content (AvgIpc) is 2.53. The molecular weight excluding hydrogens is 284 g/mol. The molecule has 0 rings (SSSR count). The molecule has 0 fully saturated rings. The number of carbonyl (C=O) groups is 2. The largest absolute Gasteiger partial charge is 0.295 e. The molecule has 0 spiro atoms. The van der Waals surface area contributed by atoms with E-state index in [-0.39, 0.29) is 17.5 Å². The number of unbranched alkanes of at least 4 members (excludes halogenated alkanes) is 1. The van der Waals surface area contributed by atoms with Crippen LogP contribution in [-0.4, -0.2) is 11.6 Å². The van der Waals surface area contributed by atoms with Gasteiger partial charge < -0.3 is 0 Å². The third-order valence-corrected chi connectivity index (χ3v) is 3.70. The van der Waals surface area contributed by atoms with E-state index in [1.165, 1.54) is 12.8 Å². The van der Waals surface area contributed by atoms with Crippen molar-refractivity contribution in [3.8, 4) is 0 Å². The van der Waals surface area contributed by atoms with Crippen LogP contribution >= 0.6 is 0 Å². The average molecular weight is 323 g/mol. The topological polar surface area (TPSA) is 34.1 Å². The van der Waals surface area contributed by atoms with Gasteiger partial charge in [0.15, 0.2) is 11.6 Å². The fourth-order valence-corrected chi connectivity index (χ4v) is 1.99. The SMILES string of the molecule is CCCC.CCCC(=O)/C(C)=C/C(CCC)=C(/C)C(=O)C(C)C. The van der Waals surface area contributed by atoms with E-state index in [4.69, 9.17) is 0 Å². The molecule has 2 heteroatoms. The summed E-state index contributed by atoms with van der Waals surface area (Å²) < 4.78 is 0. The van der Waals surface area contributed by atoms with Crippen LogP contribution in [0.5, 0.6) is 0 Å². The van der Waals surface area contributed by atoms with Gasteiger partial charge in [-0.15, -0.1) is 0 Å². The van der Waals surface area contributed by atoms with Gasteiger partial charge in [-0.2, -0.15) is 0 Å². The predicted octanol–water partition coefficient (Wildman–Crippen LogP) is 6.45. The molecular formula is C21H38O2. The fraction of sp³-hybridized carbons (Fsp3) is 0.714. The van der Waals surface area contributed by atoms with Crippen LogP contribution in [-0.2, 0) is 9.59 Å². The lowest BCUT2D eigenvalue weighted by atomic mass is 9.93. The van der Waals surface area contributed by atoms with Crippen molar-refractivity contribution in [3.63, 3.8) is 0 Å². The normalized spacial score (nSPS) is 12.5. The number of carbonyl (C=O) groups excluding carboxylic acids is 2. The first kappa shape index (κ1) is 24.1. The van der Waals surface area contributed by atoms with E-state index >= 15 is 0 Å². The highest BCUT2D eigenvalue weighted by molar-refractivity contribution is 5.98. The second kappa shape index (κ2) is 14.4. The van der Waals surface area contributed by atoms with Gasteiger partial charge in [-0.1, -0.05) is 66.9 Å². The van der Waals surface area contributed by atoms with Crippen molar-refractivity contribution in [1.82, 2.24) is 0 Å². The quantitative estimate of drug-likeness (QED) is 0.361. The van der Waals surface area contributed by atoms with Crippen LogP contribution in [0.3, 0.4) is 0 Å². The van der Waals surface area contributed by atoms with Crippen LogP contribution in [0.15, 0.2) is 22.8 Å². The van der Waals surface area contributed by atoms with Gasteiger partial charge in [0.05, 0.1) is 0 Å². The van der Waals surface area contributed by atoms with Gasteiger partial charge in [0.1, 0.15) is 0 Å². The third-order valence-electron chi connectivity index (χ3n) is 3.70. The molecule has 23 heavy (non-hydrogen) atoms. The smallest absolute Gasteiger partial charge is 0.161 e. The maximum absolute atomic E-state index is 12.1. The van der Waals surface area contributed by atoms with Crippen molar-refractivity contribution in [2.24, 2.45) is 5.92 Å². The maximum Gasteiger partial charge on any atom is 0.161 e. The minimum Gasteiger partial charge on any atom is -0.295 e. The molecule has 0 aliphatic rings. The molecule has 0 aromatic rings. The Morgan fingerprint density at radius 2 is 1.30 bits per heavy atom. The minimum absolute atomic E-state index is 0.00639. The molecule has 134 valence electrons. The summed E-state index contributed by atoms with van der Waals surface area (Å²) >= 11 is 0. The van der Waals surface area contributed by atoms with Gasteiger partial charge in [-0.25, -0.2) is 0 Å². The van der Waals surface area contributed by atoms with E-state index in [0.717, 1.165) is 36.0 Å². The summed E-state index contributed by atoms with van der Waals surface area (Å²) in [5.41, 5.74) is 2.59. The van der Waals surface area contributed by atoms with Gasteiger partial charge in [0.2, 0.25) is 0 Å². The van der Waals surface area contributed by atoms with Crippen LogP contribution in [0.1, 0.15) is 93.9 Å². The zero-order valence-electron chi connectivity index (χ0n) is 16.7. The van der Waals surface area contributed by atoms with Gasteiger partial charge in [-0.3, -0.25) is 9.59 Å². The third kappa shape index (κ3) is 11.1. The van der Waals surface area contributed by atoms with E-state index in [1.54, 1.807) is 0 Å². The molecule has 0 saturated heterocycles. The van der Waals surface area contributed by atoms with Gasteiger partial charge in [-0.05, 0) is 43.4 Å². The number of hydrogen-bond donors (Lipinski definition) is 0. The molecule has 0 aliphatic carbocycles. The van der Waals surface area contributed by atoms with E-state index in [0.29, 0.717) is 6.42 Å². The monoisotopic (exact) mass is 322 g/mol. The van der Waals surface area contributed by atoms with Crippen LogP contribution in [0, 0.1) is 5.92 Å². The van der Waals surface area contributed by atoms with Crippen LogP contribution in [0.25, 0.3) is 0 Å². The van der Waals surface area contributed by atoms with E-state index in [2.05, 4.69) is 20.8 Å². The first-order valence-corrected chi connectivity index (χ1v) is 9.21. The van der Waals surface area contributed by atoms with E-state index in [9.17, 15) is 9.59 Å². The van der Waals surface area contributed by atoms with E-state index in [1.807, 2.05) is 40.7 Å². The number of allylic oxidation sites excluding steroid dienone is 4. The highest BCUT2D eigenvalue weighted by Crippen LogP contribution is 2.19. The van der Waals surface area contributed by atoms with E-state index < -0.39 is 0 Å². The molecule has 0 bridgehead atoms. The van der Waals surface area contributed by atoms with Crippen LogP contribution in [0.4, 0.5) is 0 Å². The second-order valence-electron chi connectivity index (χ2n) is 6.42. The van der Waals surface area contributed by atoms with Crippen molar-refractivity contribution in [1.29, 1.82) is 0 Å². The molecule has 0 atom stereocenters. The Morgan fingerprint density at radius 3 is 1.65 bits per heavy atom. The molecule has 0 N–H and O–H groups in total. The number of ketones is 2. The summed E-state index contributed by atoms with van der Waals surface area (Å²) in [7, 11) is 0. The Morgan fingerprint density at radius 1 is 0.826 bits per heavy atom. The lowest BCUT2D eigenvalue weighted by Crippen LogP contribution is -2.10. The van der Waals surface area contributed by atoms with Crippen molar-refractivity contribution < 1.29 is 9.59 Å². The second-order valence-corrected chi connectivity index (χ2v) is 6.42. The van der Waals surface area contributed by atoms with Gasteiger partial charge in [0, 0.05) is 12.3 Å². The molecule has 0 aliphatic heterocycles. The molecule has 0 amide bonds. The standard InChI is InChI=1S/C17H28O2.C4H10/c1-7-9-15(14(6)17(19)12(3)4)11-13(5)16(18)10-8-2;1-3-4-2/h11-12H,7-10H2,1-6H3;3-4H2,1-2H3/b13-11+,15-14-;. The predicted molar refractivity (Wildman–Crippen MR) is 102 cm³/mol. The van der Waals surface area contributed by atoms with Crippen LogP contribution in [0.2, 0.25) is 0 Å². The molecule has 0 aromatic carbocycles. The Hall–Kier alpha value is -1.18. The van der Waals surface area contributed by atoms with Gasteiger partial charge in [0.25, 0.3) is 0 Å².